The van der Waals surface area contributed by atoms with Gasteiger partial charge < -0.3 is 14.4 Å². The van der Waals surface area contributed by atoms with Crippen molar-refractivity contribution in [2.75, 3.05) is 18.1 Å². The van der Waals surface area contributed by atoms with Crippen LogP contribution >= 0.6 is 0 Å². The van der Waals surface area contributed by atoms with Crippen LogP contribution in [0.5, 0.6) is 0 Å². The van der Waals surface area contributed by atoms with Gasteiger partial charge in [-0.25, -0.2) is 0 Å². The van der Waals surface area contributed by atoms with Gasteiger partial charge in [-0.3, -0.25) is 0 Å². The minimum Gasteiger partial charge on any atom is -0.377 e. The first-order valence-corrected chi connectivity index (χ1v) is 12.3. The van der Waals surface area contributed by atoms with Gasteiger partial charge in [0.1, 0.15) is 0 Å². The Morgan fingerprint density at radius 2 is 1.03 bits per heavy atom. The molecule has 0 aliphatic heterocycles. The van der Waals surface area contributed by atoms with Gasteiger partial charge in [0.05, 0.1) is 13.2 Å². The van der Waals surface area contributed by atoms with Crippen molar-refractivity contribution in [1.29, 1.82) is 0 Å². The Hall–Kier alpha value is -2.62. The lowest BCUT2D eigenvalue weighted by Crippen LogP contribution is -2.10. The molecule has 0 amide bonds. The van der Waals surface area contributed by atoms with Crippen molar-refractivity contribution in [1.82, 2.24) is 0 Å². The Morgan fingerprint density at radius 1 is 0.576 bits per heavy atom. The SMILES string of the molecule is CCCCOCc1ccc(N(c2ccc(COCCCC)cc2)c2ccc(C)c(C)c2)cc1. The molecule has 3 rings (SSSR count). The van der Waals surface area contributed by atoms with Crippen LogP contribution in [0.15, 0.2) is 66.7 Å². The molecule has 0 atom stereocenters. The number of aryl methyl sites for hydroxylation is 2. The van der Waals surface area contributed by atoms with Gasteiger partial charge in [-0.15, -0.1) is 0 Å². The van der Waals surface area contributed by atoms with Crippen molar-refractivity contribution < 1.29 is 9.47 Å². The minimum absolute atomic E-state index is 0.663. The van der Waals surface area contributed by atoms with E-state index in [9.17, 15) is 0 Å². The molecule has 33 heavy (non-hydrogen) atoms. The van der Waals surface area contributed by atoms with Gasteiger partial charge in [0, 0.05) is 30.3 Å². The monoisotopic (exact) mass is 445 g/mol. The number of ether oxygens (including phenoxy) is 2. The number of nitrogens with zero attached hydrogens (tertiary/aromatic N) is 1. The van der Waals surface area contributed by atoms with E-state index in [1.54, 1.807) is 0 Å². The fourth-order valence-electron chi connectivity index (χ4n) is 3.67. The van der Waals surface area contributed by atoms with Crippen LogP contribution in [0.1, 0.15) is 61.8 Å². The molecule has 0 aliphatic rings. The van der Waals surface area contributed by atoms with E-state index in [1.165, 1.54) is 22.3 Å². The van der Waals surface area contributed by atoms with Crippen LogP contribution in [0.3, 0.4) is 0 Å². The summed E-state index contributed by atoms with van der Waals surface area (Å²) in [6, 6.07) is 24.1. The number of benzene rings is 3. The maximum atomic E-state index is 5.79. The molecule has 0 aromatic heterocycles. The lowest BCUT2D eigenvalue weighted by Gasteiger charge is -2.26. The molecule has 0 N–H and O–H groups in total. The van der Waals surface area contributed by atoms with Crippen molar-refractivity contribution >= 4 is 17.1 Å². The van der Waals surface area contributed by atoms with Gasteiger partial charge in [0.25, 0.3) is 0 Å². The van der Waals surface area contributed by atoms with Crippen molar-refractivity contribution in [3.8, 4) is 0 Å². The maximum absolute atomic E-state index is 5.79. The third-order valence-corrected chi connectivity index (χ3v) is 5.96. The average Bonchev–Trinajstić information content (AvgIpc) is 2.84. The van der Waals surface area contributed by atoms with Gasteiger partial charge in [-0.2, -0.15) is 0 Å². The van der Waals surface area contributed by atoms with Gasteiger partial charge in [-0.05, 0) is 85.3 Å². The first-order valence-electron chi connectivity index (χ1n) is 12.3. The maximum Gasteiger partial charge on any atom is 0.0716 e. The van der Waals surface area contributed by atoms with E-state index in [0.29, 0.717) is 13.2 Å². The number of rotatable bonds is 13. The van der Waals surface area contributed by atoms with Crippen molar-refractivity contribution in [3.63, 3.8) is 0 Å². The lowest BCUT2D eigenvalue weighted by molar-refractivity contribution is 0.118. The molecule has 176 valence electrons. The van der Waals surface area contributed by atoms with E-state index >= 15 is 0 Å². The van der Waals surface area contributed by atoms with Gasteiger partial charge in [0.15, 0.2) is 0 Å². The predicted molar refractivity (Wildman–Crippen MR) is 140 cm³/mol. The van der Waals surface area contributed by atoms with Gasteiger partial charge in [-0.1, -0.05) is 57.0 Å². The molecule has 3 heteroatoms. The second kappa shape index (κ2) is 13.2. The Bertz CT molecular complexity index is 908. The van der Waals surface area contributed by atoms with Crippen LogP contribution in [0.2, 0.25) is 0 Å². The Kier molecular flexibility index (Phi) is 9.99. The van der Waals surface area contributed by atoms with E-state index in [4.69, 9.17) is 9.47 Å². The third kappa shape index (κ3) is 7.45. The zero-order chi connectivity index (χ0) is 23.5. The van der Waals surface area contributed by atoms with Crippen LogP contribution in [-0.4, -0.2) is 13.2 Å². The summed E-state index contributed by atoms with van der Waals surface area (Å²) in [5, 5.41) is 0. The predicted octanol–water partition coefficient (Wildman–Crippen LogP) is 8.41. The van der Waals surface area contributed by atoms with Crippen molar-refractivity contribution in [3.05, 3.63) is 89.0 Å². The molecule has 0 heterocycles. The molecule has 0 bridgehead atoms. The first kappa shape index (κ1) is 25.0. The summed E-state index contributed by atoms with van der Waals surface area (Å²) in [5.41, 5.74) is 8.45. The van der Waals surface area contributed by atoms with Crippen LogP contribution in [0.25, 0.3) is 0 Å². The lowest BCUT2D eigenvalue weighted by atomic mass is 10.1. The van der Waals surface area contributed by atoms with Gasteiger partial charge in [0.2, 0.25) is 0 Å². The second-order valence-electron chi connectivity index (χ2n) is 8.75. The normalized spacial score (nSPS) is 11.0. The van der Waals surface area contributed by atoms with Crippen molar-refractivity contribution in [2.45, 2.75) is 66.6 Å². The van der Waals surface area contributed by atoms with Crippen LogP contribution in [-0.2, 0) is 22.7 Å². The molecule has 0 radical (unpaired) electrons. The number of unbranched alkanes of at least 4 members (excludes halogenated alkanes) is 2. The number of hydrogen-bond donors (Lipinski definition) is 0. The highest BCUT2D eigenvalue weighted by atomic mass is 16.5. The molecule has 3 nitrogen and oxygen atoms in total. The Balaban J connectivity index is 1.82. The fraction of sp³-hybridized carbons (Fsp3) is 0.400. The summed E-state index contributed by atoms with van der Waals surface area (Å²) in [6.07, 6.45) is 4.54. The molecular formula is C30H39NO2. The van der Waals surface area contributed by atoms with Crippen LogP contribution in [0, 0.1) is 13.8 Å². The number of hydrogen-bond acceptors (Lipinski definition) is 3. The Morgan fingerprint density at radius 3 is 1.45 bits per heavy atom. The first-order chi connectivity index (χ1) is 16.1. The van der Waals surface area contributed by atoms with Crippen LogP contribution in [0.4, 0.5) is 17.1 Å². The highest BCUT2D eigenvalue weighted by Crippen LogP contribution is 2.35. The molecule has 0 aliphatic carbocycles. The van der Waals surface area contributed by atoms with Crippen LogP contribution < -0.4 is 4.90 Å². The molecule has 0 fully saturated rings. The van der Waals surface area contributed by atoms with E-state index in [2.05, 4.69) is 99.3 Å². The number of anilines is 3. The fourth-order valence-corrected chi connectivity index (χ4v) is 3.67. The second-order valence-corrected chi connectivity index (χ2v) is 8.75. The largest absolute Gasteiger partial charge is 0.377 e. The highest BCUT2D eigenvalue weighted by Gasteiger charge is 2.13. The standard InChI is InChI=1S/C30H39NO2/c1-5-7-19-32-22-26-10-15-28(16-11-26)31(30-14-9-24(3)25(4)21-30)29-17-12-27(13-18-29)23-33-20-8-6-2/h9-18,21H,5-8,19-20,22-23H2,1-4H3. The van der Waals surface area contributed by atoms with Crippen molar-refractivity contribution in [2.24, 2.45) is 0 Å². The zero-order valence-corrected chi connectivity index (χ0v) is 20.8. The zero-order valence-electron chi connectivity index (χ0n) is 20.8. The molecular weight excluding hydrogens is 406 g/mol. The molecule has 0 saturated carbocycles. The molecule has 0 saturated heterocycles. The summed E-state index contributed by atoms with van der Waals surface area (Å²) in [4.78, 5) is 2.32. The summed E-state index contributed by atoms with van der Waals surface area (Å²) >= 11 is 0. The summed E-state index contributed by atoms with van der Waals surface area (Å²) in [6.45, 7) is 11.7. The molecule has 0 spiro atoms. The van der Waals surface area contributed by atoms with E-state index in [0.717, 1.165) is 56.0 Å². The smallest absolute Gasteiger partial charge is 0.0716 e. The summed E-state index contributed by atoms with van der Waals surface area (Å²) < 4.78 is 11.6. The minimum atomic E-state index is 0.663. The third-order valence-electron chi connectivity index (χ3n) is 5.96. The molecule has 0 unspecified atom stereocenters. The quantitative estimate of drug-likeness (QED) is 0.246. The molecule has 3 aromatic rings. The Labute approximate surface area is 200 Å². The summed E-state index contributed by atoms with van der Waals surface area (Å²) in [5.74, 6) is 0. The topological polar surface area (TPSA) is 21.7 Å². The summed E-state index contributed by atoms with van der Waals surface area (Å²) in [7, 11) is 0. The highest BCUT2D eigenvalue weighted by molar-refractivity contribution is 5.77. The average molecular weight is 446 g/mol. The molecule has 3 aromatic carbocycles. The van der Waals surface area contributed by atoms with Gasteiger partial charge >= 0.3 is 0 Å². The van der Waals surface area contributed by atoms with E-state index in [-0.39, 0.29) is 0 Å². The van der Waals surface area contributed by atoms with E-state index in [1.807, 2.05) is 0 Å². The van der Waals surface area contributed by atoms with E-state index < -0.39 is 0 Å².